The van der Waals surface area contributed by atoms with Crippen LogP contribution in [-0.2, 0) is 19.3 Å². The van der Waals surface area contributed by atoms with Gasteiger partial charge in [0.2, 0.25) is 0 Å². The smallest absolute Gasteiger partial charge is 0.0454 e. The topological polar surface area (TPSA) is 28.7 Å². The first-order valence-electron chi connectivity index (χ1n) is 13.6. The molecule has 0 amide bonds. The summed E-state index contributed by atoms with van der Waals surface area (Å²) in [6.45, 7) is 0. The maximum Gasteiger partial charge on any atom is 0.0454 e. The Hall–Kier alpha value is -4.43. The Morgan fingerprint density at radius 1 is 0.605 bits per heavy atom. The fourth-order valence-electron chi connectivity index (χ4n) is 6.04. The normalized spacial score (nSPS) is 12.9. The van der Waals surface area contributed by atoms with E-state index >= 15 is 0 Å². The lowest BCUT2D eigenvalue weighted by Crippen LogP contribution is -2.03. The number of nitrogens with one attached hydrogen (secondary N) is 1. The van der Waals surface area contributed by atoms with Crippen molar-refractivity contribution in [2.45, 2.75) is 32.1 Å². The van der Waals surface area contributed by atoms with Gasteiger partial charge in [0.25, 0.3) is 0 Å². The van der Waals surface area contributed by atoms with Crippen LogP contribution in [-0.4, -0.2) is 9.97 Å². The lowest BCUT2D eigenvalue weighted by atomic mass is 9.86. The summed E-state index contributed by atoms with van der Waals surface area (Å²) in [5.41, 5.74) is 7.10. The van der Waals surface area contributed by atoms with Crippen molar-refractivity contribution in [3.63, 3.8) is 0 Å². The number of aromatic nitrogens is 2. The molecule has 1 aliphatic carbocycles. The third-order valence-corrected chi connectivity index (χ3v) is 7.99. The molecule has 0 atom stereocenters. The minimum Gasteiger partial charge on any atom is -0.361 e. The highest BCUT2D eigenvalue weighted by Crippen LogP contribution is 2.34. The minimum absolute atomic E-state index is 0.972. The van der Waals surface area contributed by atoms with Crippen LogP contribution in [0.15, 0.2) is 116 Å². The molecule has 0 saturated carbocycles. The number of pyridine rings is 1. The van der Waals surface area contributed by atoms with Gasteiger partial charge in [-0.2, -0.15) is 0 Å². The Morgan fingerprint density at radius 3 is 2.32 bits per heavy atom. The van der Waals surface area contributed by atoms with E-state index in [1.165, 1.54) is 80.0 Å². The quantitative estimate of drug-likeness (QED) is 0.240. The molecule has 0 radical (unpaired) electrons. The lowest BCUT2D eigenvalue weighted by Gasteiger charge is -2.19. The van der Waals surface area contributed by atoms with Crippen LogP contribution in [0.4, 0.5) is 0 Å². The molecule has 2 nitrogen and oxygen atoms in total. The fraction of sp³-hybridized carbons (Fsp3) is 0.139. The van der Waals surface area contributed by atoms with Gasteiger partial charge in [-0.05, 0) is 116 Å². The van der Waals surface area contributed by atoms with Crippen molar-refractivity contribution in [3.05, 3.63) is 138 Å². The van der Waals surface area contributed by atoms with Gasteiger partial charge in [0.1, 0.15) is 0 Å². The summed E-state index contributed by atoms with van der Waals surface area (Å²) < 4.78 is 0. The first kappa shape index (κ1) is 22.7. The highest BCUT2D eigenvalue weighted by molar-refractivity contribution is 6.09. The number of aromatic amines is 1. The molecule has 0 bridgehead atoms. The van der Waals surface area contributed by atoms with Crippen LogP contribution in [0.2, 0.25) is 0 Å². The van der Waals surface area contributed by atoms with E-state index in [4.69, 9.17) is 0 Å². The summed E-state index contributed by atoms with van der Waals surface area (Å²) in [5, 5.41) is 9.35. The van der Waals surface area contributed by atoms with Gasteiger partial charge in [-0.3, -0.25) is 4.98 Å². The van der Waals surface area contributed by atoms with Crippen LogP contribution in [0.3, 0.4) is 0 Å². The van der Waals surface area contributed by atoms with Gasteiger partial charge in [-0.1, -0.05) is 72.8 Å². The van der Waals surface area contributed by atoms with E-state index in [2.05, 4.69) is 88.8 Å². The SMILES string of the molecule is c1cc2cc(Cc3ccc4c(ccc5c6c(ccc54)CCCC6)c3)ccc2[nH]1.c1ccc2cnccc2c1. The highest BCUT2D eigenvalue weighted by atomic mass is 14.7. The number of rotatable bonds is 2. The molecule has 2 heterocycles. The van der Waals surface area contributed by atoms with Crippen molar-refractivity contribution in [2.24, 2.45) is 0 Å². The molecule has 1 N–H and O–H groups in total. The van der Waals surface area contributed by atoms with Gasteiger partial charge < -0.3 is 4.98 Å². The number of benzene rings is 5. The van der Waals surface area contributed by atoms with E-state index in [0.717, 1.165) is 6.42 Å². The molecule has 184 valence electrons. The summed E-state index contributed by atoms with van der Waals surface area (Å²) in [6, 6.07) is 35.5. The molecule has 0 spiro atoms. The van der Waals surface area contributed by atoms with Crippen LogP contribution < -0.4 is 0 Å². The second-order valence-electron chi connectivity index (χ2n) is 10.4. The van der Waals surface area contributed by atoms with Crippen molar-refractivity contribution in [1.82, 2.24) is 9.97 Å². The zero-order valence-electron chi connectivity index (χ0n) is 21.5. The van der Waals surface area contributed by atoms with Gasteiger partial charge in [0.15, 0.2) is 0 Å². The zero-order valence-corrected chi connectivity index (χ0v) is 21.5. The monoisotopic (exact) mass is 490 g/mol. The van der Waals surface area contributed by atoms with E-state index in [9.17, 15) is 0 Å². The Labute approximate surface area is 223 Å². The third-order valence-electron chi connectivity index (χ3n) is 7.99. The Morgan fingerprint density at radius 2 is 1.39 bits per heavy atom. The number of fused-ring (bicyclic) bond motifs is 7. The standard InChI is InChI=1S/C27H23N.C9H7N/c1-2-4-23-20(3-1)7-10-26-24-9-5-18(16-21(24)8-11-25(23)26)15-19-6-12-27-22(17-19)13-14-28-27;1-2-4-9-7-10-6-5-8(9)3-1/h5-14,16-17,28H,1-4,15H2;1-7H. The number of nitrogens with zero attached hydrogens (tertiary/aromatic N) is 1. The van der Waals surface area contributed by atoms with Gasteiger partial charge in [-0.15, -0.1) is 0 Å². The van der Waals surface area contributed by atoms with Crippen LogP contribution >= 0.6 is 0 Å². The molecule has 7 aromatic rings. The largest absolute Gasteiger partial charge is 0.361 e. The number of H-pyrrole nitrogens is 1. The van der Waals surface area contributed by atoms with Gasteiger partial charge in [0, 0.05) is 24.1 Å². The van der Waals surface area contributed by atoms with Crippen LogP contribution in [0.1, 0.15) is 35.1 Å². The molecule has 0 aliphatic heterocycles. The van der Waals surface area contributed by atoms with E-state index in [1.807, 2.05) is 36.8 Å². The molecule has 0 unspecified atom stereocenters. The van der Waals surface area contributed by atoms with Crippen LogP contribution in [0, 0.1) is 0 Å². The average Bonchev–Trinajstić information content (AvgIpc) is 3.45. The van der Waals surface area contributed by atoms with Gasteiger partial charge >= 0.3 is 0 Å². The Bertz CT molecular complexity index is 1850. The predicted molar refractivity (Wildman–Crippen MR) is 161 cm³/mol. The van der Waals surface area contributed by atoms with Crippen molar-refractivity contribution in [2.75, 3.05) is 0 Å². The summed E-state index contributed by atoms with van der Waals surface area (Å²) in [5.74, 6) is 0. The number of aryl methyl sites for hydroxylation is 2. The second-order valence-corrected chi connectivity index (χ2v) is 10.4. The molecule has 0 fully saturated rings. The van der Waals surface area contributed by atoms with Crippen molar-refractivity contribution < 1.29 is 0 Å². The molecule has 8 rings (SSSR count). The molecule has 1 aliphatic rings. The number of hydrogen-bond donors (Lipinski definition) is 1. The van der Waals surface area contributed by atoms with E-state index in [1.54, 1.807) is 11.1 Å². The van der Waals surface area contributed by atoms with Crippen molar-refractivity contribution >= 4 is 43.2 Å². The first-order chi connectivity index (χ1) is 18.8. The predicted octanol–water partition coefficient (Wildman–Crippen LogP) is 9.18. The van der Waals surface area contributed by atoms with Crippen LogP contribution in [0.25, 0.3) is 43.2 Å². The summed E-state index contributed by atoms with van der Waals surface area (Å²) in [6.07, 6.45) is 11.8. The maximum atomic E-state index is 4.01. The summed E-state index contributed by atoms with van der Waals surface area (Å²) >= 11 is 0. The fourth-order valence-corrected chi connectivity index (χ4v) is 6.04. The summed E-state index contributed by atoms with van der Waals surface area (Å²) in [7, 11) is 0. The minimum atomic E-state index is 0.972. The second kappa shape index (κ2) is 9.79. The summed E-state index contributed by atoms with van der Waals surface area (Å²) in [4.78, 5) is 7.29. The average molecular weight is 491 g/mol. The van der Waals surface area contributed by atoms with E-state index < -0.39 is 0 Å². The van der Waals surface area contributed by atoms with Crippen molar-refractivity contribution in [3.8, 4) is 0 Å². The van der Waals surface area contributed by atoms with Gasteiger partial charge in [0.05, 0.1) is 0 Å². The molecular formula is C36H30N2. The van der Waals surface area contributed by atoms with Crippen LogP contribution in [0.5, 0.6) is 0 Å². The lowest BCUT2D eigenvalue weighted by molar-refractivity contribution is 0.690. The molecule has 2 heteroatoms. The molecule has 2 aromatic heterocycles. The molecule has 38 heavy (non-hydrogen) atoms. The third kappa shape index (κ3) is 4.33. The Balaban J connectivity index is 0.000000203. The maximum absolute atomic E-state index is 4.01. The molecule has 0 saturated heterocycles. The Kier molecular flexibility index (Phi) is 5.86. The molecular weight excluding hydrogens is 460 g/mol. The van der Waals surface area contributed by atoms with E-state index in [-0.39, 0.29) is 0 Å². The van der Waals surface area contributed by atoms with Gasteiger partial charge in [-0.25, -0.2) is 0 Å². The number of hydrogen-bond acceptors (Lipinski definition) is 1. The highest BCUT2D eigenvalue weighted by Gasteiger charge is 2.13. The van der Waals surface area contributed by atoms with Crippen molar-refractivity contribution in [1.29, 1.82) is 0 Å². The zero-order chi connectivity index (χ0) is 25.3. The molecule has 5 aromatic carbocycles. The van der Waals surface area contributed by atoms with E-state index in [0.29, 0.717) is 0 Å². The first-order valence-corrected chi connectivity index (χ1v) is 13.6.